The van der Waals surface area contributed by atoms with E-state index in [4.69, 9.17) is 5.73 Å². The summed E-state index contributed by atoms with van der Waals surface area (Å²) in [5, 5.41) is 0. The molecule has 0 amide bonds. The zero-order valence-electron chi connectivity index (χ0n) is 8.36. The van der Waals surface area contributed by atoms with Crippen molar-refractivity contribution >= 4 is 11.8 Å². The van der Waals surface area contributed by atoms with Crippen LogP contribution in [0.4, 0.5) is 11.8 Å². The largest absolute Gasteiger partial charge is 0.368 e. The molecule has 0 fully saturated rings. The highest BCUT2D eigenvalue weighted by Crippen LogP contribution is 2.13. The first-order valence-electron chi connectivity index (χ1n) is 4.50. The maximum absolute atomic E-state index is 5.50. The highest BCUT2D eigenvalue weighted by molar-refractivity contribution is 5.41. The van der Waals surface area contributed by atoms with Crippen LogP contribution in [0.3, 0.4) is 0 Å². The second-order valence-corrected chi connectivity index (χ2v) is 3.15. The maximum atomic E-state index is 5.50. The zero-order chi connectivity index (χ0) is 9.84. The van der Waals surface area contributed by atoms with Gasteiger partial charge in [0.05, 0.1) is 0 Å². The number of hydrogen-bond donors (Lipinski definition) is 1. The molecule has 0 saturated carbocycles. The molecule has 0 aliphatic rings. The normalized spacial score (nSPS) is 10.5. The molecule has 0 aliphatic carbocycles. The van der Waals surface area contributed by atoms with Crippen LogP contribution in [0.25, 0.3) is 0 Å². The van der Waals surface area contributed by atoms with Crippen molar-refractivity contribution in [2.45, 2.75) is 26.8 Å². The summed E-state index contributed by atoms with van der Waals surface area (Å²) in [7, 11) is 0. The molecule has 4 nitrogen and oxygen atoms in total. The molecule has 0 unspecified atom stereocenters. The standard InChI is InChI=1S/C9H16N4/c1-4-13(7(2)3)8-5-6-11-9(10)12-8/h5-7H,4H2,1-3H3,(H2,10,11,12). The SMILES string of the molecule is CCN(c1ccnc(N)n1)C(C)C. The van der Waals surface area contributed by atoms with Gasteiger partial charge in [-0.1, -0.05) is 0 Å². The predicted octanol–water partition coefficient (Wildman–Crippen LogP) is 1.29. The third-order valence-electron chi connectivity index (χ3n) is 1.92. The smallest absolute Gasteiger partial charge is 0.221 e. The molecule has 13 heavy (non-hydrogen) atoms. The molecule has 2 N–H and O–H groups in total. The van der Waals surface area contributed by atoms with Gasteiger partial charge in [0.2, 0.25) is 5.95 Å². The Labute approximate surface area is 78.8 Å². The number of nitrogens with zero attached hydrogens (tertiary/aromatic N) is 3. The third-order valence-corrected chi connectivity index (χ3v) is 1.92. The Hall–Kier alpha value is -1.32. The van der Waals surface area contributed by atoms with Crippen molar-refractivity contribution in [2.75, 3.05) is 17.2 Å². The minimum atomic E-state index is 0.330. The molecule has 0 spiro atoms. The van der Waals surface area contributed by atoms with E-state index in [-0.39, 0.29) is 0 Å². The molecule has 0 radical (unpaired) electrons. The molecule has 1 aromatic heterocycles. The first kappa shape index (κ1) is 9.77. The van der Waals surface area contributed by atoms with Crippen LogP contribution in [0.1, 0.15) is 20.8 Å². The second kappa shape index (κ2) is 4.07. The van der Waals surface area contributed by atoms with Crippen molar-refractivity contribution in [3.8, 4) is 0 Å². The van der Waals surface area contributed by atoms with Gasteiger partial charge in [0, 0.05) is 18.8 Å². The fourth-order valence-electron chi connectivity index (χ4n) is 1.32. The lowest BCUT2D eigenvalue weighted by molar-refractivity contribution is 0.693. The number of hydrogen-bond acceptors (Lipinski definition) is 4. The van der Waals surface area contributed by atoms with E-state index in [2.05, 4.69) is 35.6 Å². The van der Waals surface area contributed by atoms with Crippen molar-refractivity contribution in [2.24, 2.45) is 0 Å². The first-order chi connectivity index (χ1) is 6.15. The van der Waals surface area contributed by atoms with Crippen LogP contribution in [-0.4, -0.2) is 22.6 Å². The van der Waals surface area contributed by atoms with Crippen LogP contribution in [0.2, 0.25) is 0 Å². The highest BCUT2D eigenvalue weighted by atomic mass is 15.2. The minimum Gasteiger partial charge on any atom is -0.368 e. The Balaban J connectivity index is 2.91. The minimum absolute atomic E-state index is 0.330. The van der Waals surface area contributed by atoms with Crippen molar-refractivity contribution in [1.29, 1.82) is 0 Å². The second-order valence-electron chi connectivity index (χ2n) is 3.15. The topological polar surface area (TPSA) is 55.0 Å². The Morgan fingerprint density at radius 1 is 1.54 bits per heavy atom. The van der Waals surface area contributed by atoms with E-state index in [0.29, 0.717) is 12.0 Å². The summed E-state index contributed by atoms with van der Waals surface area (Å²) in [5.74, 6) is 1.22. The molecule has 0 aromatic carbocycles. The Morgan fingerprint density at radius 2 is 2.23 bits per heavy atom. The Morgan fingerprint density at radius 3 is 2.69 bits per heavy atom. The van der Waals surface area contributed by atoms with Gasteiger partial charge in [-0.3, -0.25) is 0 Å². The summed E-state index contributed by atoms with van der Waals surface area (Å²) in [6, 6.07) is 2.30. The van der Waals surface area contributed by atoms with E-state index < -0.39 is 0 Å². The zero-order valence-corrected chi connectivity index (χ0v) is 8.36. The summed E-state index contributed by atoms with van der Waals surface area (Å²) in [5.41, 5.74) is 5.50. The van der Waals surface area contributed by atoms with Crippen LogP contribution in [0.15, 0.2) is 12.3 Å². The maximum Gasteiger partial charge on any atom is 0.221 e. The van der Waals surface area contributed by atoms with Crippen molar-refractivity contribution < 1.29 is 0 Å². The molecule has 1 aromatic rings. The van der Waals surface area contributed by atoms with Gasteiger partial charge in [-0.15, -0.1) is 0 Å². The van der Waals surface area contributed by atoms with Gasteiger partial charge in [0.1, 0.15) is 5.82 Å². The van der Waals surface area contributed by atoms with Gasteiger partial charge in [0.25, 0.3) is 0 Å². The van der Waals surface area contributed by atoms with E-state index in [1.807, 2.05) is 6.07 Å². The van der Waals surface area contributed by atoms with Crippen LogP contribution in [0, 0.1) is 0 Å². The fraction of sp³-hybridized carbons (Fsp3) is 0.556. The van der Waals surface area contributed by atoms with Gasteiger partial charge in [-0.25, -0.2) is 4.98 Å². The summed E-state index contributed by atoms with van der Waals surface area (Å²) in [4.78, 5) is 10.2. The Kier molecular flexibility index (Phi) is 3.06. The molecule has 0 saturated heterocycles. The number of aromatic nitrogens is 2. The molecule has 4 heteroatoms. The highest BCUT2D eigenvalue weighted by Gasteiger charge is 2.09. The average molecular weight is 180 g/mol. The third kappa shape index (κ3) is 2.31. The molecule has 0 atom stereocenters. The lowest BCUT2D eigenvalue weighted by Crippen LogP contribution is -2.31. The van der Waals surface area contributed by atoms with E-state index in [9.17, 15) is 0 Å². The lowest BCUT2D eigenvalue weighted by atomic mass is 10.3. The summed E-state index contributed by atoms with van der Waals surface area (Å²) in [6.07, 6.45) is 1.68. The van der Waals surface area contributed by atoms with Crippen LogP contribution in [0.5, 0.6) is 0 Å². The van der Waals surface area contributed by atoms with Gasteiger partial charge in [0.15, 0.2) is 0 Å². The van der Waals surface area contributed by atoms with Crippen LogP contribution >= 0.6 is 0 Å². The molecule has 72 valence electrons. The first-order valence-corrected chi connectivity index (χ1v) is 4.50. The molecular weight excluding hydrogens is 164 g/mol. The number of rotatable bonds is 3. The predicted molar refractivity (Wildman–Crippen MR) is 54.6 cm³/mol. The van der Waals surface area contributed by atoms with Crippen molar-refractivity contribution in [1.82, 2.24) is 9.97 Å². The van der Waals surface area contributed by atoms with E-state index in [0.717, 1.165) is 12.4 Å². The number of nitrogen functional groups attached to an aromatic ring is 1. The van der Waals surface area contributed by atoms with E-state index in [1.54, 1.807) is 6.20 Å². The van der Waals surface area contributed by atoms with Crippen LogP contribution in [-0.2, 0) is 0 Å². The summed E-state index contributed by atoms with van der Waals surface area (Å²) < 4.78 is 0. The van der Waals surface area contributed by atoms with Crippen molar-refractivity contribution in [3.05, 3.63) is 12.3 Å². The fourth-order valence-corrected chi connectivity index (χ4v) is 1.32. The lowest BCUT2D eigenvalue weighted by Gasteiger charge is -2.25. The van der Waals surface area contributed by atoms with E-state index >= 15 is 0 Å². The summed E-state index contributed by atoms with van der Waals surface area (Å²) >= 11 is 0. The van der Waals surface area contributed by atoms with Gasteiger partial charge < -0.3 is 10.6 Å². The molecule has 1 rings (SSSR count). The molecular formula is C9H16N4. The quantitative estimate of drug-likeness (QED) is 0.761. The Bertz CT molecular complexity index is 272. The number of anilines is 2. The van der Waals surface area contributed by atoms with Gasteiger partial charge in [-0.2, -0.15) is 4.98 Å². The molecule has 0 aliphatic heterocycles. The number of nitrogens with two attached hydrogens (primary N) is 1. The monoisotopic (exact) mass is 180 g/mol. The van der Waals surface area contributed by atoms with Crippen LogP contribution < -0.4 is 10.6 Å². The molecule has 0 bridgehead atoms. The van der Waals surface area contributed by atoms with Gasteiger partial charge in [-0.05, 0) is 26.8 Å². The average Bonchev–Trinajstić information content (AvgIpc) is 2.04. The summed E-state index contributed by atoms with van der Waals surface area (Å²) in [6.45, 7) is 7.27. The molecule has 1 heterocycles. The van der Waals surface area contributed by atoms with Crippen molar-refractivity contribution in [3.63, 3.8) is 0 Å². The van der Waals surface area contributed by atoms with E-state index in [1.165, 1.54) is 0 Å². The van der Waals surface area contributed by atoms with Gasteiger partial charge >= 0.3 is 0 Å².